The molecule has 0 bridgehead atoms. The summed E-state index contributed by atoms with van der Waals surface area (Å²) in [4.78, 5) is 0.106. The van der Waals surface area contributed by atoms with Gasteiger partial charge in [-0.15, -0.1) is 12.4 Å². The van der Waals surface area contributed by atoms with Gasteiger partial charge in [0.25, 0.3) is 0 Å². The lowest BCUT2D eigenvalue weighted by molar-refractivity contribution is 0.266. The second kappa shape index (κ2) is 13.2. The first kappa shape index (κ1) is 28.2. The normalized spacial score (nSPS) is 11.1. The van der Waals surface area contributed by atoms with Gasteiger partial charge in [0.1, 0.15) is 6.61 Å². The van der Waals surface area contributed by atoms with Crippen LogP contribution < -0.4 is 19.9 Å². The van der Waals surface area contributed by atoms with E-state index in [-0.39, 0.29) is 23.9 Å². The zero-order chi connectivity index (χ0) is 23.8. The highest BCUT2D eigenvalue weighted by atomic mass is 35.5. The van der Waals surface area contributed by atoms with Crippen molar-refractivity contribution in [2.45, 2.75) is 31.4 Å². The molecule has 3 aromatic rings. The number of hydrogen-bond acceptors (Lipinski definition) is 5. The van der Waals surface area contributed by atoms with Gasteiger partial charge in [-0.05, 0) is 55.8 Å². The number of sulfonamides is 1. The maximum absolute atomic E-state index is 11.4. The molecular weight excluding hydrogens is 519 g/mol. The van der Waals surface area contributed by atoms with Gasteiger partial charge < -0.3 is 14.8 Å². The zero-order valence-corrected chi connectivity index (χ0v) is 21.7. The number of nitrogens with two attached hydrogens (primary N) is 1. The third-order valence-corrected chi connectivity index (χ3v) is 6.42. The lowest BCUT2D eigenvalue weighted by Crippen LogP contribution is -2.18. The van der Waals surface area contributed by atoms with Crippen molar-refractivity contribution >= 4 is 45.6 Å². The van der Waals surface area contributed by atoms with Gasteiger partial charge in [-0.2, -0.15) is 0 Å². The lowest BCUT2D eigenvalue weighted by Gasteiger charge is -2.17. The number of halogens is 3. The molecule has 6 nitrogen and oxygen atoms in total. The molecule has 0 atom stereocenters. The van der Waals surface area contributed by atoms with Crippen molar-refractivity contribution in [2.75, 3.05) is 13.2 Å². The zero-order valence-electron chi connectivity index (χ0n) is 18.6. The highest BCUT2D eigenvalue weighted by molar-refractivity contribution is 7.89. The molecule has 0 radical (unpaired) electrons. The van der Waals surface area contributed by atoms with Crippen molar-refractivity contribution in [3.05, 3.63) is 87.4 Å². The van der Waals surface area contributed by atoms with Crippen molar-refractivity contribution < 1.29 is 17.9 Å². The molecule has 0 aliphatic carbocycles. The number of para-hydroxylation sites is 1. The fourth-order valence-electron chi connectivity index (χ4n) is 3.22. The molecule has 0 heterocycles. The second-order valence-corrected chi connectivity index (χ2v) is 9.72. The van der Waals surface area contributed by atoms with Gasteiger partial charge in [-0.1, -0.05) is 53.5 Å². The molecule has 0 fully saturated rings. The van der Waals surface area contributed by atoms with Crippen molar-refractivity contribution in [3.63, 3.8) is 0 Å². The fourth-order valence-corrected chi connectivity index (χ4v) is 4.20. The maximum Gasteiger partial charge on any atom is 0.238 e. The molecule has 3 rings (SSSR count). The summed E-state index contributed by atoms with van der Waals surface area (Å²) in [7, 11) is -3.68. The van der Waals surface area contributed by atoms with Crippen LogP contribution in [0.2, 0.25) is 10.0 Å². The predicted molar refractivity (Wildman–Crippen MR) is 139 cm³/mol. The Hall–Kier alpha value is -2.00. The van der Waals surface area contributed by atoms with E-state index in [2.05, 4.69) is 5.32 Å². The van der Waals surface area contributed by atoms with Crippen LogP contribution >= 0.6 is 35.6 Å². The summed E-state index contributed by atoms with van der Waals surface area (Å²) in [5.41, 5.74) is 2.79. The van der Waals surface area contributed by atoms with E-state index < -0.39 is 10.0 Å². The van der Waals surface area contributed by atoms with Crippen LogP contribution in [-0.4, -0.2) is 21.6 Å². The quantitative estimate of drug-likeness (QED) is 0.316. The van der Waals surface area contributed by atoms with E-state index in [0.717, 1.165) is 23.1 Å². The van der Waals surface area contributed by atoms with Crippen molar-refractivity contribution in [2.24, 2.45) is 5.14 Å². The van der Waals surface area contributed by atoms with Crippen LogP contribution in [0, 0.1) is 0 Å². The Kier molecular flexibility index (Phi) is 11.0. The second-order valence-electron chi connectivity index (χ2n) is 7.32. The van der Waals surface area contributed by atoms with Gasteiger partial charge >= 0.3 is 0 Å². The maximum atomic E-state index is 11.4. The minimum absolute atomic E-state index is 0. The van der Waals surface area contributed by atoms with Gasteiger partial charge in [-0.3, -0.25) is 0 Å². The standard InChI is InChI=1S/C24H26Cl2N2O4S.ClH/c1-2-31-23-5-3-4-18(24(23)32-16-19-8-9-20(25)14-22(19)26)15-28-13-12-17-6-10-21(11-7-17)33(27,29)30;/h3-11,14,28H,2,12-13,15-16H2,1H3,(H2,27,29,30);1H. The summed E-state index contributed by atoms with van der Waals surface area (Å²) in [6, 6.07) is 17.7. The molecule has 0 aliphatic heterocycles. The summed E-state index contributed by atoms with van der Waals surface area (Å²) in [6.07, 6.45) is 0.729. The van der Waals surface area contributed by atoms with Gasteiger partial charge in [-0.25, -0.2) is 13.6 Å². The van der Waals surface area contributed by atoms with E-state index in [1.807, 2.05) is 31.2 Å². The van der Waals surface area contributed by atoms with Crippen LogP contribution in [0.25, 0.3) is 0 Å². The molecule has 0 saturated heterocycles. The van der Waals surface area contributed by atoms with E-state index >= 15 is 0 Å². The van der Waals surface area contributed by atoms with E-state index in [4.69, 9.17) is 37.8 Å². The van der Waals surface area contributed by atoms with E-state index in [0.29, 0.717) is 41.2 Å². The first-order valence-electron chi connectivity index (χ1n) is 10.4. The average molecular weight is 546 g/mol. The molecule has 0 spiro atoms. The number of rotatable bonds is 11. The van der Waals surface area contributed by atoms with E-state index in [9.17, 15) is 8.42 Å². The third kappa shape index (κ3) is 8.05. The molecular formula is C24H27Cl3N2O4S. The van der Waals surface area contributed by atoms with Crippen LogP contribution in [0.15, 0.2) is 65.6 Å². The van der Waals surface area contributed by atoms with Crippen LogP contribution in [0.3, 0.4) is 0 Å². The Labute approximate surface area is 216 Å². The van der Waals surface area contributed by atoms with Gasteiger partial charge in [0.15, 0.2) is 11.5 Å². The van der Waals surface area contributed by atoms with Gasteiger partial charge in [0.05, 0.1) is 11.5 Å². The van der Waals surface area contributed by atoms with Gasteiger partial charge in [0.2, 0.25) is 10.0 Å². The molecule has 0 unspecified atom stereocenters. The number of primary sulfonamides is 1. The van der Waals surface area contributed by atoms with E-state index in [1.54, 1.807) is 24.3 Å². The Morgan fingerprint density at radius 2 is 1.71 bits per heavy atom. The highest BCUT2D eigenvalue weighted by Gasteiger charge is 2.13. The molecule has 10 heteroatoms. The Bertz CT molecular complexity index is 1190. The molecule has 0 aromatic heterocycles. The summed E-state index contributed by atoms with van der Waals surface area (Å²) >= 11 is 12.3. The Morgan fingerprint density at radius 3 is 2.35 bits per heavy atom. The first-order chi connectivity index (χ1) is 15.8. The number of nitrogens with one attached hydrogen (secondary N) is 1. The van der Waals surface area contributed by atoms with Crippen LogP contribution in [-0.2, 0) is 29.6 Å². The van der Waals surface area contributed by atoms with Crippen molar-refractivity contribution in [1.29, 1.82) is 0 Å². The number of hydrogen-bond donors (Lipinski definition) is 2. The lowest BCUT2D eigenvalue weighted by atomic mass is 10.1. The SMILES string of the molecule is CCOc1cccc(CNCCc2ccc(S(N)(=O)=O)cc2)c1OCc1ccc(Cl)cc1Cl.Cl. The summed E-state index contributed by atoms with van der Waals surface area (Å²) in [5, 5.41) is 9.66. The average Bonchev–Trinajstić information content (AvgIpc) is 2.77. The minimum Gasteiger partial charge on any atom is -0.490 e. The van der Waals surface area contributed by atoms with Gasteiger partial charge in [0, 0.05) is 27.7 Å². The van der Waals surface area contributed by atoms with Crippen molar-refractivity contribution in [3.8, 4) is 11.5 Å². The van der Waals surface area contributed by atoms with Crippen molar-refractivity contribution in [1.82, 2.24) is 5.32 Å². The molecule has 0 aliphatic rings. The molecule has 0 saturated carbocycles. The number of ether oxygens (including phenoxy) is 2. The Morgan fingerprint density at radius 1 is 0.971 bits per heavy atom. The smallest absolute Gasteiger partial charge is 0.238 e. The summed E-state index contributed by atoms with van der Waals surface area (Å²) in [6.45, 7) is 3.98. The van der Waals surface area contributed by atoms with E-state index in [1.165, 1.54) is 12.1 Å². The molecule has 34 heavy (non-hydrogen) atoms. The van der Waals surface area contributed by atoms with Crippen LogP contribution in [0.1, 0.15) is 23.6 Å². The molecule has 3 aromatic carbocycles. The Balaban J connectivity index is 0.00000408. The fraction of sp³-hybridized carbons (Fsp3) is 0.250. The van der Waals surface area contributed by atoms with Crippen LogP contribution in [0.4, 0.5) is 0 Å². The minimum atomic E-state index is -3.68. The monoisotopic (exact) mass is 544 g/mol. The summed E-state index contributed by atoms with van der Waals surface area (Å²) in [5.74, 6) is 1.33. The highest BCUT2D eigenvalue weighted by Crippen LogP contribution is 2.33. The topological polar surface area (TPSA) is 90.6 Å². The predicted octanol–water partition coefficient (Wildman–Crippen LogP) is 5.37. The largest absolute Gasteiger partial charge is 0.490 e. The molecule has 3 N–H and O–H groups in total. The number of benzene rings is 3. The molecule has 0 amide bonds. The first-order valence-corrected chi connectivity index (χ1v) is 12.7. The third-order valence-electron chi connectivity index (χ3n) is 4.91. The van der Waals surface area contributed by atoms with Crippen LogP contribution in [0.5, 0.6) is 11.5 Å². The summed E-state index contributed by atoms with van der Waals surface area (Å²) < 4.78 is 34.6. The molecule has 184 valence electrons.